The van der Waals surface area contributed by atoms with Gasteiger partial charge in [0, 0.05) is 7.05 Å². The number of terminal acetylenes is 1. The zero-order chi connectivity index (χ0) is 17.2. The largest absolute Gasteiger partial charge is 0.481 e. The van der Waals surface area contributed by atoms with Crippen molar-refractivity contribution in [3.8, 4) is 18.1 Å². The molecule has 124 valence electrons. The van der Waals surface area contributed by atoms with Gasteiger partial charge in [0.25, 0.3) is 10.0 Å². The number of ether oxygens (including phenoxy) is 1. The van der Waals surface area contributed by atoms with Crippen LogP contribution in [-0.4, -0.2) is 22.1 Å². The highest BCUT2D eigenvalue weighted by Crippen LogP contribution is 2.28. The highest BCUT2D eigenvalue weighted by molar-refractivity contribution is 7.92. The zero-order valence-electron chi connectivity index (χ0n) is 13.5. The van der Waals surface area contributed by atoms with E-state index < -0.39 is 10.0 Å². The molecule has 0 unspecified atom stereocenters. The number of aryl methyl sites for hydroxylation is 2. The van der Waals surface area contributed by atoms with Crippen molar-refractivity contribution in [3.63, 3.8) is 0 Å². The van der Waals surface area contributed by atoms with Gasteiger partial charge in [-0.25, -0.2) is 8.42 Å². The first-order valence-electron chi connectivity index (χ1n) is 7.79. The van der Waals surface area contributed by atoms with Crippen LogP contribution in [0, 0.1) is 12.3 Å². The van der Waals surface area contributed by atoms with Gasteiger partial charge in [0.15, 0.2) is 0 Å². The molecule has 0 saturated carbocycles. The number of anilines is 1. The van der Waals surface area contributed by atoms with Gasteiger partial charge in [0.05, 0.1) is 10.6 Å². The molecular formula is C19H19NO3S. The second-order valence-electron chi connectivity index (χ2n) is 5.74. The lowest BCUT2D eigenvalue weighted by Gasteiger charge is -2.20. The molecule has 4 nitrogen and oxygen atoms in total. The molecule has 0 N–H and O–H groups in total. The van der Waals surface area contributed by atoms with Crippen molar-refractivity contribution in [1.29, 1.82) is 0 Å². The maximum Gasteiger partial charge on any atom is 0.264 e. The molecule has 0 saturated heterocycles. The van der Waals surface area contributed by atoms with E-state index in [0.29, 0.717) is 16.3 Å². The SMILES string of the molecule is C#CCOc1ccc(N(C)S(=O)(=O)c2ccc3c(c2)CCC3)cc1. The van der Waals surface area contributed by atoms with Gasteiger partial charge in [-0.2, -0.15) is 0 Å². The predicted molar refractivity (Wildman–Crippen MR) is 94.8 cm³/mol. The number of benzene rings is 2. The quantitative estimate of drug-likeness (QED) is 0.786. The summed E-state index contributed by atoms with van der Waals surface area (Å²) in [6.07, 6.45) is 8.22. The number of sulfonamides is 1. The van der Waals surface area contributed by atoms with Crippen LogP contribution in [0.25, 0.3) is 0 Å². The molecule has 0 amide bonds. The summed E-state index contributed by atoms with van der Waals surface area (Å²) in [5.74, 6) is 3.00. The molecule has 1 aliphatic rings. The van der Waals surface area contributed by atoms with E-state index in [-0.39, 0.29) is 6.61 Å². The minimum absolute atomic E-state index is 0.183. The fraction of sp³-hybridized carbons (Fsp3) is 0.263. The Morgan fingerprint density at radius 2 is 1.83 bits per heavy atom. The minimum Gasteiger partial charge on any atom is -0.481 e. The van der Waals surface area contributed by atoms with Crippen LogP contribution in [0.15, 0.2) is 47.4 Å². The topological polar surface area (TPSA) is 46.6 Å². The Balaban J connectivity index is 1.85. The van der Waals surface area contributed by atoms with E-state index in [1.54, 1.807) is 43.4 Å². The Kier molecular flexibility index (Phi) is 4.50. The van der Waals surface area contributed by atoms with Gasteiger partial charge in [-0.3, -0.25) is 4.31 Å². The molecule has 2 aromatic carbocycles. The van der Waals surface area contributed by atoms with Gasteiger partial charge in [0.2, 0.25) is 0 Å². The second kappa shape index (κ2) is 6.58. The summed E-state index contributed by atoms with van der Waals surface area (Å²) in [4.78, 5) is 0.332. The molecule has 5 heteroatoms. The molecule has 0 aromatic heterocycles. The molecule has 0 bridgehead atoms. The van der Waals surface area contributed by atoms with Crippen LogP contribution >= 0.6 is 0 Å². The number of fused-ring (bicyclic) bond motifs is 1. The van der Waals surface area contributed by atoms with Gasteiger partial charge >= 0.3 is 0 Å². The van der Waals surface area contributed by atoms with Crippen molar-refractivity contribution < 1.29 is 13.2 Å². The molecular weight excluding hydrogens is 322 g/mol. The van der Waals surface area contributed by atoms with E-state index in [1.807, 2.05) is 6.07 Å². The molecule has 0 spiro atoms. The van der Waals surface area contributed by atoms with Crippen LogP contribution in [0.4, 0.5) is 5.69 Å². The molecule has 0 heterocycles. The van der Waals surface area contributed by atoms with Crippen LogP contribution < -0.4 is 9.04 Å². The smallest absolute Gasteiger partial charge is 0.264 e. The maximum absolute atomic E-state index is 12.9. The van der Waals surface area contributed by atoms with E-state index in [9.17, 15) is 8.42 Å². The first kappa shape index (κ1) is 16.4. The first-order chi connectivity index (χ1) is 11.5. The van der Waals surface area contributed by atoms with E-state index in [4.69, 9.17) is 11.2 Å². The fourth-order valence-electron chi connectivity index (χ4n) is 2.88. The Morgan fingerprint density at radius 1 is 1.12 bits per heavy atom. The number of rotatable bonds is 5. The van der Waals surface area contributed by atoms with E-state index >= 15 is 0 Å². The van der Waals surface area contributed by atoms with Gasteiger partial charge in [-0.1, -0.05) is 12.0 Å². The third kappa shape index (κ3) is 3.10. The molecule has 0 aliphatic heterocycles. The Morgan fingerprint density at radius 3 is 2.54 bits per heavy atom. The standard InChI is InChI=1S/C19H19NO3S/c1-3-13-23-18-10-8-17(9-11-18)20(2)24(21,22)19-12-7-15-5-4-6-16(15)14-19/h1,7-12,14H,4-6,13H2,2H3. The second-order valence-corrected chi connectivity index (χ2v) is 7.71. The summed E-state index contributed by atoms with van der Waals surface area (Å²) in [5.41, 5.74) is 2.97. The Labute approximate surface area is 143 Å². The molecule has 24 heavy (non-hydrogen) atoms. The average molecular weight is 341 g/mol. The van der Waals surface area contributed by atoms with Crippen molar-refractivity contribution in [2.24, 2.45) is 0 Å². The summed E-state index contributed by atoms with van der Waals surface area (Å²) >= 11 is 0. The lowest BCUT2D eigenvalue weighted by atomic mass is 10.1. The van der Waals surface area contributed by atoms with Gasteiger partial charge < -0.3 is 4.74 Å². The fourth-order valence-corrected chi connectivity index (χ4v) is 4.13. The summed E-state index contributed by atoms with van der Waals surface area (Å²) in [5, 5.41) is 0. The van der Waals surface area contributed by atoms with Crippen molar-refractivity contribution in [3.05, 3.63) is 53.6 Å². The van der Waals surface area contributed by atoms with Crippen LogP contribution in [0.3, 0.4) is 0 Å². The maximum atomic E-state index is 12.9. The Bertz CT molecular complexity index is 880. The van der Waals surface area contributed by atoms with Gasteiger partial charge in [0.1, 0.15) is 12.4 Å². The third-order valence-corrected chi connectivity index (χ3v) is 6.03. The summed E-state index contributed by atoms with van der Waals surface area (Å²) in [6, 6.07) is 12.3. The molecule has 0 fully saturated rings. The molecule has 1 aliphatic carbocycles. The molecule has 0 atom stereocenters. The predicted octanol–water partition coefficient (Wildman–Crippen LogP) is 3.01. The van der Waals surface area contributed by atoms with Crippen LogP contribution in [0.5, 0.6) is 5.75 Å². The summed E-state index contributed by atoms with van der Waals surface area (Å²) < 4.78 is 32.3. The van der Waals surface area contributed by atoms with Crippen LogP contribution in [0.1, 0.15) is 17.5 Å². The summed E-state index contributed by atoms with van der Waals surface area (Å²) in [7, 11) is -2.03. The molecule has 2 aromatic rings. The van der Waals surface area contributed by atoms with Gasteiger partial charge in [-0.05, 0) is 66.8 Å². The minimum atomic E-state index is -3.58. The normalized spacial score (nSPS) is 13.2. The number of hydrogen-bond acceptors (Lipinski definition) is 3. The van der Waals surface area contributed by atoms with Gasteiger partial charge in [-0.15, -0.1) is 6.42 Å². The monoisotopic (exact) mass is 341 g/mol. The number of hydrogen-bond donors (Lipinski definition) is 0. The third-order valence-electron chi connectivity index (χ3n) is 4.25. The molecule has 0 radical (unpaired) electrons. The van der Waals surface area contributed by atoms with E-state index in [1.165, 1.54) is 9.87 Å². The lowest BCUT2D eigenvalue weighted by molar-refractivity contribution is 0.370. The van der Waals surface area contributed by atoms with Crippen molar-refractivity contribution >= 4 is 15.7 Å². The van der Waals surface area contributed by atoms with Crippen LogP contribution in [-0.2, 0) is 22.9 Å². The highest BCUT2D eigenvalue weighted by atomic mass is 32.2. The van der Waals surface area contributed by atoms with E-state index in [2.05, 4.69) is 5.92 Å². The average Bonchev–Trinajstić information content (AvgIpc) is 3.07. The zero-order valence-corrected chi connectivity index (χ0v) is 14.3. The van der Waals surface area contributed by atoms with Crippen molar-refractivity contribution in [2.75, 3.05) is 18.0 Å². The summed E-state index contributed by atoms with van der Waals surface area (Å²) in [6.45, 7) is 0.183. The van der Waals surface area contributed by atoms with Crippen LogP contribution in [0.2, 0.25) is 0 Å². The lowest BCUT2D eigenvalue weighted by Crippen LogP contribution is -2.26. The van der Waals surface area contributed by atoms with Crippen molar-refractivity contribution in [1.82, 2.24) is 0 Å². The highest BCUT2D eigenvalue weighted by Gasteiger charge is 2.23. The van der Waals surface area contributed by atoms with E-state index in [0.717, 1.165) is 24.8 Å². The Hall–Kier alpha value is -2.45. The first-order valence-corrected chi connectivity index (χ1v) is 9.23. The van der Waals surface area contributed by atoms with Crippen molar-refractivity contribution in [2.45, 2.75) is 24.2 Å². The number of nitrogens with zero attached hydrogens (tertiary/aromatic N) is 1. The molecule has 3 rings (SSSR count).